The van der Waals surface area contributed by atoms with Crippen molar-refractivity contribution >= 4 is 0 Å². The zero-order valence-electron chi connectivity index (χ0n) is 9.88. The number of ether oxygens (including phenoxy) is 1. The van der Waals surface area contributed by atoms with Crippen LogP contribution in [-0.4, -0.2) is 16.7 Å². The summed E-state index contributed by atoms with van der Waals surface area (Å²) in [4.78, 5) is 15.4. The molecule has 2 aromatic heterocycles. The summed E-state index contributed by atoms with van der Waals surface area (Å²) < 4.78 is 7.10. The van der Waals surface area contributed by atoms with E-state index in [0.717, 1.165) is 17.1 Å². The van der Waals surface area contributed by atoms with E-state index < -0.39 is 0 Å². The molecule has 0 radical (unpaired) electrons. The monoisotopic (exact) mass is 230 g/mol. The fourth-order valence-corrected chi connectivity index (χ4v) is 1.64. The highest BCUT2D eigenvalue weighted by Gasteiger charge is 2.00. The van der Waals surface area contributed by atoms with Crippen molar-refractivity contribution in [3.63, 3.8) is 0 Å². The van der Waals surface area contributed by atoms with Crippen molar-refractivity contribution in [1.82, 2.24) is 9.55 Å². The molecule has 0 aromatic carbocycles. The predicted octanol–water partition coefficient (Wildman–Crippen LogP) is 1.61. The van der Waals surface area contributed by atoms with Crippen LogP contribution in [0.3, 0.4) is 0 Å². The van der Waals surface area contributed by atoms with Gasteiger partial charge >= 0.3 is 0 Å². The summed E-state index contributed by atoms with van der Waals surface area (Å²) in [5, 5.41) is 0. The molecule has 88 valence electrons. The Morgan fingerprint density at radius 2 is 2.00 bits per heavy atom. The lowest BCUT2D eigenvalue weighted by Gasteiger charge is -2.08. The lowest BCUT2D eigenvalue weighted by Crippen LogP contribution is -2.06. The highest BCUT2D eigenvalue weighted by molar-refractivity contribution is 5.26. The first kappa shape index (κ1) is 11.4. The van der Waals surface area contributed by atoms with Crippen LogP contribution in [0.5, 0.6) is 5.75 Å². The molecular weight excluding hydrogens is 216 g/mol. The minimum Gasteiger partial charge on any atom is -0.497 e. The number of aryl methyl sites for hydroxylation is 1. The lowest BCUT2D eigenvalue weighted by molar-refractivity contribution is 0.413. The molecule has 0 spiro atoms. The van der Waals surface area contributed by atoms with Gasteiger partial charge in [0.05, 0.1) is 19.3 Å². The minimum atomic E-state index is 0.0102. The quantitative estimate of drug-likeness (QED) is 0.804. The Balaban J connectivity index is 2.26. The van der Waals surface area contributed by atoms with Crippen molar-refractivity contribution in [2.24, 2.45) is 0 Å². The first-order valence-electron chi connectivity index (χ1n) is 5.35. The molecule has 4 heteroatoms. The zero-order valence-corrected chi connectivity index (χ0v) is 9.88. The molecule has 0 amide bonds. The summed E-state index contributed by atoms with van der Waals surface area (Å²) in [5.41, 5.74) is 1.84. The first-order chi connectivity index (χ1) is 8.17. The van der Waals surface area contributed by atoms with Crippen LogP contribution in [0.1, 0.15) is 11.4 Å². The van der Waals surface area contributed by atoms with Crippen molar-refractivity contribution in [2.75, 3.05) is 7.11 Å². The normalized spacial score (nSPS) is 10.2. The minimum absolute atomic E-state index is 0.0102. The third kappa shape index (κ3) is 2.93. The smallest absolute Gasteiger partial charge is 0.181 e. The SMILES string of the molecule is COc1cc(C)nc(Cn2ccc(=O)cc2)c1. The Kier molecular flexibility index (Phi) is 3.23. The van der Waals surface area contributed by atoms with Gasteiger partial charge in [-0.05, 0) is 6.92 Å². The third-order valence-electron chi connectivity index (χ3n) is 2.42. The third-order valence-corrected chi connectivity index (χ3v) is 2.42. The second kappa shape index (κ2) is 4.82. The molecule has 2 aromatic rings. The second-order valence-corrected chi connectivity index (χ2v) is 3.85. The van der Waals surface area contributed by atoms with Gasteiger partial charge in [0.25, 0.3) is 0 Å². The van der Waals surface area contributed by atoms with Crippen molar-refractivity contribution < 1.29 is 4.74 Å². The van der Waals surface area contributed by atoms with Gasteiger partial charge in [-0.15, -0.1) is 0 Å². The lowest BCUT2D eigenvalue weighted by atomic mass is 10.3. The average Bonchev–Trinajstić information content (AvgIpc) is 2.31. The molecule has 0 N–H and O–H groups in total. The summed E-state index contributed by atoms with van der Waals surface area (Å²) in [6, 6.07) is 6.85. The Morgan fingerprint density at radius 1 is 1.29 bits per heavy atom. The predicted molar refractivity (Wildman–Crippen MR) is 65.3 cm³/mol. The van der Waals surface area contributed by atoms with Gasteiger partial charge in [-0.1, -0.05) is 0 Å². The van der Waals surface area contributed by atoms with Crippen molar-refractivity contribution in [3.05, 3.63) is 58.3 Å². The fraction of sp³-hybridized carbons (Fsp3) is 0.231. The number of pyridine rings is 2. The van der Waals surface area contributed by atoms with Gasteiger partial charge in [-0.25, -0.2) is 0 Å². The molecule has 4 nitrogen and oxygen atoms in total. The van der Waals surface area contributed by atoms with E-state index in [2.05, 4.69) is 4.98 Å². The molecule has 0 saturated heterocycles. The van der Waals surface area contributed by atoms with Crippen molar-refractivity contribution in [1.29, 1.82) is 0 Å². The molecule has 17 heavy (non-hydrogen) atoms. The molecular formula is C13H14N2O2. The van der Waals surface area contributed by atoms with Gasteiger partial charge in [0, 0.05) is 42.4 Å². The molecule has 0 atom stereocenters. The number of methoxy groups -OCH3 is 1. The van der Waals surface area contributed by atoms with E-state index >= 15 is 0 Å². The molecule has 0 saturated carbocycles. The van der Waals surface area contributed by atoms with Crippen LogP contribution in [0.15, 0.2) is 41.5 Å². The van der Waals surface area contributed by atoms with E-state index in [9.17, 15) is 4.79 Å². The Hall–Kier alpha value is -2.10. The van der Waals surface area contributed by atoms with Gasteiger partial charge in [-0.2, -0.15) is 0 Å². The van der Waals surface area contributed by atoms with Crippen LogP contribution >= 0.6 is 0 Å². The standard InChI is InChI=1S/C13H14N2O2/c1-10-7-13(17-2)8-11(14-10)9-15-5-3-12(16)4-6-15/h3-8H,9H2,1-2H3. The zero-order chi connectivity index (χ0) is 12.3. The second-order valence-electron chi connectivity index (χ2n) is 3.85. The van der Waals surface area contributed by atoms with Crippen LogP contribution in [-0.2, 0) is 6.54 Å². The van der Waals surface area contributed by atoms with E-state index in [-0.39, 0.29) is 5.43 Å². The van der Waals surface area contributed by atoms with Gasteiger partial charge in [0.2, 0.25) is 0 Å². The maximum Gasteiger partial charge on any atom is 0.181 e. The van der Waals surface area contributed by atoms with Crippen LogP contribution in [0.4, 0.5) is 0 Å². The molecule has 0 aliphatic heterocycles. The number of rotatable bonds is 3. The molecule has 2 heterocycles. The van der Waals surface area contributed by atoms with Crippen molar-refractivity contribution in [2.45, 2.75) is 13.5 Å². The first-order valence-corrected chi connectivity index (χ1v) is 5.35. The van der Waals surface area contributed by atoms with Crippen LogP contribution in [0, 0.1) is 6.92 Å². The van der Waals surface area contributed by atoms with E-state index in [1.807, 2.05) is 23.6 Å². The number of hydrogen-bond donors (Lipinski definition) is 0. The van der Waals surface area contributed by atoms with Crippen LogP contribution in [0.2, 0.25) is 0 Å². The summed E-state index contributed by atoms with van der Waals surface area (Å²) in [7, 11) is 1.64. The Labute approximate surface area is 99.5 Å². The average molecular weight is 230 g/mol. The summed E-state index contributed by atoms with van der Waals surface area (Å²) in [6.45, 7) is 2.55. The number of aromatic nitrogens is 2. The van der Waals surface area contributed by atoms with E-state index in [1.54, 1.807) is 19.5 Å². The van der Waals surface area contributed by atoms with Crippen LogP contribution < -0.4 is 10.2 Å². The van der Waals surface area contributed by atoms with Gasteiger partial charge in [-0.3, -0.25) is 9.78 Å². The molecule has 2 rings (SSSR count). The van der Waals surface area contributed by atoms with Gasteiger partial charge in [0.1, 0.15) is 5.75 Å². The summed E-state index contributed by atoms with van der Waals surface area (Å²) in [6.07, 6.45) is 3.50. The molecule has 0 aliphatic carbocycles. The van der Waals surface area contributed by atoms with E-state index in [0.29, 0.717) is 6.54 Å². The van der Waals surface area contributed by atoms with Gasteiger partial charge < -0.3 is 9.30 Å². The van der Waals surface area contributed by atoms with Gasteiger partial charge in [0.15, 0.2) is 5.43 Å². The molecule has 0 unspecified atom stereocenters. The van der Waals surface area contributed by atoms with E-state index in [1.165, 1.54) is 12.1 Å². The maximum atomic E-state index is 11.0. The van der Waals surface area contributed by atoms with Crippen molar-refractivity contribution in [3.8, 4) is 5.75 Å². The Bertz CT molecular complexity index is 555. The largest absolute Gasteiger partial charge is 0.497 e. The summed E-state index contributed by atoms with van der Waals surface area (Å²) >= 11 is 0. The van der Waals surface area contributed by atoms with E-state index in [4.69, 9.17) is 4.74 Å². The highest BCUT2D eigenvalue weighted by Crippen LogP contribution is 2.13. The molecule has 0 aliphatic rings. The topological polar surface area (TPSA) is 44.1 Å². The number of hydrogen-bond acceptors (Lipinski definition) is 3. The maximum absolute atomic E-state index is 11.0. The highest BCUT2D eigenvalue weighted by atomic mass is 16.5. The summed E-state index contributed by atoms with van der Waals surface area (Å²) in [5.74, 6) is 0.800. The Morgan fingerprint density at radius 3 is 2.65 bits per heavy atom. The fourth-order valence-electron chi connectivity index (χ4n) is 1.64. The molecule has 0 bridgehead atoms. The number of nitrogens with zero attached hydrogens (tertiary/aromatic N) is 2. The molecule has 0 fully saturated rings. The van der Waals surface area contributed by atoms with Crippen LogP contribution in [0.25, 0.3) is 0 Å².